The molecule has 10 heteroatoms. The van der Waals surface area contributed by atoms with E-state index in [1.54, 1.807) is 7.11 Å². The first-order valence-electron chi connectivity index (χ1n) is 9.88. The summed E-state index contributed by atoms with van der Waals surface area (Å²) >= 11 is 5.30. The number of hydrogen-bond acceptors (Lipinski definition) is 7. The summed E-state index contributed by atoms with van der Waals surface area (Å²) in [7, 11) is 3.60. The van der Waals surface area contributed by atoms with Crippen LogP contribution in [0.25, 0.3) is 0 Å². The molecule has 1 heterocycles. The van der Waals surface area contributed by atoms with E-state index in [0.717, 1.165) is 6.54 Å². The third kappa shape index (κ3) is 22.3. The Morgan fingerprint density at radius 1 is 0.931 bits per heavy atom. The van der Waals surface area contributed by atoms with Crippen LogP contribution in [0.15, 0.2) is 12.4 Å². The van der Waals surface area contributed by atoms with Crippen molar-refractivity contribution in [3.8, 4) is 0 Å². The van der Waals surface area contributed by atoms with Crippen LogP contribution in [0.4, 0.5) is 0 Å². The van der Waals surface area contributed by atoms with Crippen LogP contribution in [-0.4, -0.2) is 82.8 Å². The van der Waals surface area contributed by atoms with Gasteiger partial charge < -0.3 is 34.5 Å². The van der Waals surface area contributed by atoms with Gasteiger partial charge in [-0.25, -0.2) is 0 Å². The van der Waals surface area contributed by atoms with Gasteiger partial charge in [-0.15, -0.1) is 0 Å². The second kappa shape index (κ2) is 23.9. The molecule has 0 amide bonds. The van der Waals surface area contributed by atoms with Crippen LogP contribution in [0, 0.1) is 6.67 Å². The molecule has 29 heavy (non-hydrogen) atoms. The maximum atomic E-state index is 5.63. The molecule has 0 bridgehead atoms. The number of nitrogens with two attached hydrogens (primary N) is 1. The summed E-state index contributed by atoms with van der Waals surface area (Å²) in [4.78, 5) is 3.84. The van der Waals surface area contributed by atoms with Gasteiger partial charge in [0, 0.05) is 39.1 Å². The molecule has 0 aromatic carbocycles. The summed E-state index contributed by atoms with van der Waals surface area (Å²) in [6, 6.07) is 0.536. The third-order valence-electron chi connectivity index (χ3n) is 4.06. The quantitative estimate of drug-likeness (QED) is 0.239. The Morgan fingerprint density at radius 3 is 1.86 bits per heavy atom. The molecule has 0 aromatic rings. The number of hydrogen-bond donors (Lipinski definition) is 1. The van der Waals surface area contributed by atoms with Crippen molar-refractivity contribution < 1.29 is 30.1 Å². The molecule has 0 spiro atoms. The van der Waals surface area contributed by atoms with E-state index >= 15 is 0 Å². The van der Waals surface area contributed by atoms with Gasteiger partial charge in [0.2, 0.25) is 6.67 Å². The van der Waals surface area contributed by atoms with Crippen molar-refractivity contribution in [3.05, 3.63) is 19.1 Å². The second-order valence-corrected chi connectivity index (χ2v) is 23.1. The fourth-order valence-electron chi connectivity index (χ4n) is 2.56. The minimum absolute atomic E-state index is 0.523. The molecular weight excluding hydrogens is 783 g/mol. The van der Waals surface area contributed by atoms with Gasteiger partial charge in [0.1, 0.15) is 0 Å². The monoisotopic (exact) mass is 820 g/mol. The number of ether oxygens (including phenoxy) is 4. The molecule has 0 saturated heterocycles. The number of nitrogens with zero attached hydrogens (tertiary/aromatic N) is 2. The van der Waals surface area contributed by atoms with E-state index < -0.39 is 0 Å². The van der Waals surface area contributed by atoms with Gasteiger partial charge in [0.15, 0.2) is 0 Å². The van der Waals surface area contributed by atoms with Crippen molar-refractivity contribution in [3.63, 3.8) is 0 Å². The summed E-state index contributed by atoms with van der Waals surface area (Å²) < 4.78 is 20.9. The predicted molar refractivity (Wildman–Crippen MR) is 130 cm³/mol. The molecular formula is C19H37I2N3O4Pt. The van der Waals surface area contributed by atoms with E-state index in [2.05, 4.69) is 45.4 Å². The van der Waals surface area contributed by atoms with E-state index in [9.17, 15) is 0 Å². The number of rotatable bonds is 12. The first-order valence-corrected chi connectivity index (χ1v) is 22.8. The SMILES string of the molecule is COCCOCCOCCOCCN1[C]N(C)C=C1.NC1CCCCC1.[I][Pt][I]. The fourth-order valence-corrected chi connectivity index (χ4v) is 2.56. The van der Waals surface area contributed by atoms with Crippen LogP contribution in [0.1, 0.15) is 32.1 Å². The molecule has 2 rings (SSSR count). The zero-order valence-electron chi connectivity index (χ0n) is 17.6. The molecule has 1 fully saturated rings. The van der Waals surface area contributed by atoms with Gasteiger partial charge in [-0.05, 0) is 12.8 Å². The van der Waals surface area contributed by atoms with Crippen molar-refractivity contribution in [2.24, 2.45) is 5.73 Å². The summed E-state index contributed by atoms with van der Waals surface area (Å²) in [5.74, 6) is 0. The van der Waals surface area contributed by atoms with Crippen LogP contribution in [0.5, 0.6) is 0 Å². The van der Waals surface area contributed by atoms with E-state index in [4.69, 9.17) is 24.7 Å². The molecule has 1 aliphatic heterocycles. The maximum absolute atomic E-state index is 5.63. The molecule has 1 aliphatic carbocycles. The standard InChI is InChI=1S/C13H24N2O4.C6H13N.2HI.Pt/c1-14-3-4-15(13-14)5-6-17-9-10-19-12-11-18-8-7-16-2;7-6-4-2-1-3-5-6;;;/h3-4H,5-12H2,1-2H3;6H,1-5,7H2;2*1H;/q;;;;+2/p-2. The zero-order valence-corrected chi connectivity index (χ0v) is 24.2. The van der Waals surface area contributed by atoms with E-state index in [-0.39, 0.29) is 0 Å². The molecule has 1 saturated carbocycles. The Labute approximate surface area is 206 Å². The van der Waals surface area contributed by atoms with Gasteiger partial charge in [-0.3, -0.25) is 0 Å². The average Bonchev–Trinajstić information content (AvgIpc) is 3.13. The first-order chi connectivity index (χ1) is 14.1. The van der Waals surface area contributed by atoms with Gasteiger partial charge >= 0.3 is 49.9 Å². The first kappa shape index (κ1) is 30.3. The molecule has 2 aliphatic rings. The molecule has 176 valence electrons. The Bertz CT molecular complexity index is 368. The summed E-state index contributed by atoms with van der Waals surface area (Å²) in [6.07, 6.45) is 10.6. The number of halogens is 2. The van der Waals surface area contributed by atoms with Crippen molar-refractivity contribution in [1.82, 2.24) is 9.80 Å². The van der Waals surface area contributed by atoms with Crippen LogP contribution in [0.3, 0.4) is 0 Å². The second-order valence-electron chi connectivity index (χ2n) is 6.48. The van der Waals surface area contributed by atoms with Crippen molar-refractivity contribution in [1.29, 1.82) is 0 Å². The third-order valence-corrected chi connectivity index (χ3v) is 4.06. The Hall–Kier alpha value is 1.29. The zero-order chi connectivity index (χ0) is 21.6. The van der Waals surface area contributed by atoms with Gasteiger partial charge in [-0.2, -0.15) is 0 Å². The molecule has 0 aromatic heterocycles. The van der Waals surface area contributed by atoms with Crippen LogP contribution in [0.2, 0.25) is 0 Å². The molecule has 0 unspecified atom stereocenters. The topological polar surface area (TPSA) is 69.4 Å². The van der Waals surface area contributed by atoms with Gasteiger partial charge in [0.05, 0.1) is 46.2 Å². The molecule has 7 nitrogen and oxygen atoms in total. The van der Waals surface area contributed by atoms with Crippen molar-refractivity contribution in [2.45, 2.75) is 38.1 Å². The predicted octanol–water partition coefficient (Wildman–Crippen LogP) is 3.44. The molecule has 2 N–H and O–H groups in total. The van der Waals surface area contributed by atoms with Crippen LogP contribution >= 0.6 is 38.7 Å². The van der Waals surface area contributed by atoms with E-state index in [1.807, 2.05) is 29.2 Å². The van der Waals surface area contributed by atoms with Crippen LogP contribution < -0.4 is 5.73 Å². The summed E-state index contributed by atoms with van der Waals surface area (Å²) in [6.45, 7) is 8.20. The van der Waals surface area contributed by atoms with Gasteiger partial charge in [-0.1, -0.05) is 19.3 Å². The van der Waals surface area contributed by atoms with Gasteiger partial charge in [0.25, 0.3) is 0 Å². The van der Waals surface area contributed by atoms with Crippen molar-refractivity contribution >= 4 is 38.7 Å². The Kier molecular flexibility index (Phi) is 25.0. The minimum atomic E-state index is 0.523. The van der Waals surface area contributed by atoms with Crippen molar-refractivity contribution in [2.75, 3.05) is 67.0 Å². The number of methoxy groups -OCH3 is 1. The fraction of sp³-hybridized carbons (Fsp3) is 0.842. The Balaban J connectivity index is 0.000000643. The molecule has 0 atom stereocenters. The normalized spacial score (nSPS) is 16.4. The van der Waals surface area contributed by atoms with E-state index in [1.165, 1.54) is 32.1 Å². The average molecular weight is 820 g/mol. The molecule has 2 radical (unpaired) electrons. The van der Waals surface area contributed by atoms with Crippen LogP contribution in [-0.2, 0) is 30.1 Å². The Morgan fingerprint density at radius 2 is 1.45 bits per heavy atom. The summed E-state index contributed by atoms with van der Waals surface area (Å²) in [5.41, 5.74) is 5.63. The summed E-state index contributed by atoms with van der Waals surface area (Å²) in [5, 5.41) is 0. The van der Waals surface area contributed by atoms with E-state index in [0.29, 0.717) is 63.5 Å².